The first-order chi connectivity index (χ1) is 9.65. The minimum absolute atomic E-state index is 0.371. The molecule has 0 saturated heterocycles. The molecule has 0 aliphatic carbocycles. The summed E-state index contributed by atoms with van der Waals surface area (Å²) in [4.78, 5) is 12.2. The fraction of sp³-hybridized carbons (Fsp3) is 0.286. The number of carboxylic acid groups (broad SMARTS) is 1. The highest BCUT2D eigenvalue weighted by atomic mass is 16.5. The van der Waals surface area contributed by atoms with E-state index in [0.717, 1.165) is 22.6 Å². The first-order valence-electron chi connectivity index (χ1n) is 6.31. The summed E-state index contributed by atoms with van der Waals surface area (Å²) in [7, 11) is 1.64. The Morgan fingerprint density at radius 3 is 3.00 bits per heavy atom. The van der Waals surface area contributed by atoms with E-state index in [9.17, 15) is 4.79 Å². The third kappa shape index (κ3) is 2.32. The minimum Gasteiger partial charge on any atom is -0.497 e. The van der Waals surface area contributed by atoms with Gasteiger partial charge in [0.25, 0.3) is 0 Å². The zero-order chi connectivity index (χ0) is 14.1. The Hall–Kier alpha value is -2.50. The fourth-order valence-corrected chi connectivity index (χ4v) is 2.38. The summed E-state index contributed by atoms with van der Waals surface area (Å²) < 4.78 is 7.04. The molecule has 1 aliphatic heterocycles. The van der Waals surface area contributed by atoms with Crippen LogP contribution in [0.4, 0.5) is 4.79 Å². The molecule has 0 unspecified atom stereocenters. The molecule has 2 aromatic rings. The molecule has 1 aliphatic rings. The average Bonchev–Trinajstić information content (AvgIpc) is 2.97. The van der Waals surface area contributed by atoms with Crippen molar-refractivity contribution in [3.8, 4) is 5.75 Å². The maximum atomic E-state index is 10.9. The number of hydrogen-bond donors (Lipinski definition) is 1. The second kappa shape index (κ2) is 4.88. The quantitative estimate of drug-likeness (QED) is 0.928. The molecule has 3 rings (SSSR count). The largest absolute Gasteiger partial charge is 0.497 e. The zero-order valence-electron chi connectivity index (χ0n) is 11.1. The Bertz CT molecular complexity index is 627. The van der Waals surface area contributed by atoms with E-state index in [4.69, 9.17) is 9.84 Å². The molecule has 2 heterocycles. The summed E-state index contributed by atoms with van der Waals surface area (Å²) in [5.74, 6) is 0.819. The van der Waals surface area contributed by atoms with Crippen molar-refractivity contribution >= 4 is 6.09 Å². The van der Waals surface area contributed by atoms with Crippen molar-refractivity contribution in [2.45, 2.75) is 19.6 Å². The number of methoxy groups -OCH3 is 1. The lowest BCUT2D eigenvalue weighted by Gasteiger charge is -2.10. The second-order valence-electron chi connectivity index (χ2n) is 4.79. The van der Waals surface area contributed by atoms with E-state index < -0.39 is 6.09 Å². The number of ether oxygens (including phenoxy) is 1. The lowest BCUT2D eigenvalue weighted by Crippen LogP contribution is -2.23. The molecule has 0 spiro atoms. The predicted molar refractivity (Wildman–Crippen MR) is 71.6 cm³/mol. The highest BCUT2D eigenvalue weighted by Crippen LogP contribution is 2.22. The van der Waals surface area contributed by atoms with Gasteiger partial charge in [0.1, 0.15) is 5.75 Å². The summed E-state index contributed by atoms with van der Waals surface area (Å²) in [6.07, 6.45) is 1.01. The van der Waals surface area contributed by atoms with Crippen LogP contribution in [0, 0.1) is 0 Å². The van der Waals surface area contributed by atoms with Crippen molar-refractivity contribution < 1.29 is 14.6 Å². The topological polar surface area (TPSA) is 67.6 Å². The molecule has 0 bridgehead atoms. The van der Waals surface area contributed by atoms with Gasteiger partial charge in [0.15, 0.2) is 0 Å². The van der Waals surface area contributed by atoms with E-state index in [2.05, 4.69) is 5.10 Å². The van der Waals surface area contributed by atoms with Crippen LogP contribution in [-0.2, 0) is 19.6 Å². The van der Waals surface area contributed by atoms with Gasteiger partial charge >= 0.3 is 6.09 Å². The monoisotopic (exact) mass is 273 g/mol. The summed E-state index contributed by atoms with van der Waals surface area (Å²) >= 11 is 0. The Kier molecular flexibility index (Phi) is 3.06. The molecule has 6 nitrogen and oxygen atoms in total. The third-order valence-electron chi connectivity index (χ3n) is 3.38. The number of nitrogens with zero attached hydrogens (tertiary/aromatic N) is 3. The van der Waals surface area contributed by atoms with Gasteiger partial charge in [-0.1, -0.05) is 12.1 Å². The first kappa shape index (κ1) is 12.5. The molecular formula is C14H15N3O3. The van der Waals surface area contributed by atoms with Crippen LogP contribution in [0.5, 0.6) is 5.75 Å². The van der Waals surface area contributed by atoms with Crippen molar-refractivity contribution in [3.63, 3.8) is 0 Å². The van der Waals surface area contributed by atoms with Crippen LogP contribution in [0.2, 0.25) is 0 Å². The molecule has 0 fully saturated rings. The van der Waals surface area contributed by atoms with E-state index in [1.165, 1.54) is 4.90 Å². The molecule has 1 amide bonds. The molecule has 0 saturated carbocycles. The molecule has 1 aromatic heterocycles. The third-order valence-corrected chi connectivity index (χ3v) is 3.38. The molecule has 6 heteroatoms. The minimum atomic E-state index is -0.901. The molecule has 104 valence electrons. The van der Waals surface area contributed by atoms with Gasteiger partial charge in [0.2, 0.25) is 0 Å². The lowest BCUT2D eigenvalue weighted by molar-refractivity contribution is 0.144. The predicted octanol–water partition coefficient (Wildman–Crippen LogP) is 1.93. The van der Waals surface area contributed by atoms with Gasteiger partial charge in [-0.3, -0.25) is 9.58 Å². The van der Waals surface area contributed by atoms with Crippen LogP contribution in [0.25, 0.3) is 0 Å². The van der Waals surface area contributed by atoms with Gasteiger partial charge in [-0.15, -0.1) is 0 Å². The average molecular weight is 273 g/mol. The van der Waals surface area contributed by atoms with Crippen LogP contribution in [0.1, 0.15) is 16.8 Å². The van der Waals surface area contributed by atoms with Crippen molar-refractivity contribution in [1.82, 2.24) is 14.7 Å². The summed E-state index contributed by atoms with van der Waals surface area (Å²) in [6, 6.07) is 7.82. The maximum absolute atomic E-state index is 10.9. The van der Waals surface area contributed by atoms with Crippen molar-refractivity contribution in [2.75, 3.05) is 7.11 Å². The molecule has 1 aromatic carbocycles. The Morgan fingerprint density at radius 2 is 2.30 bits per heavy atom. The zero-order valence-corrected chi connectivity index (χ0v) is 11.1. The highest BCUT2D eigenvalue weighted by Gasteiger charge is 2.25. The van der Waals surface area contributed by atoms with Crippen LogP contribution in [0.15, 0.2) is 30.5 Å². The van der Waals surface area contributed by atoms with Crippen LogP contribution < -0.4 is 4.74 Å². The Balaban J connectivity index is 1.74. The summed E-state index contributed by atoms with van der Waals surface area (Å²) in [6.45, 7) is 1.44. The lowest BCUT2D eigenvalue weighted by atomic mass is 10.2. The number of amides is 1. The number of carbonyl (C=O) groups is 1. The number of benzene rings is 1. The van der Waals surface area contributed by atoms with Gasteiger partial charge in [-0.2, -0.15) is 5.10 Å². The van der Waals surface area contributed by atoms with Crippen LogP contribution >= 0.6 is 0 Å². The van der Waals surface area contributed by atoms with E-state index in [1.807, 2.05) is 35.1 Å². The summed E-state index contributed by atoms with van der Waals surface area (Å²) in [5, 5.41) is 13.4. The van der Waals surface area contributed by atoms with Crippen LogP contribution in [-0.4, -0.2) is 33.0 Å². The summed E-state index contributed by atoms with van der Waals surface area (Å²) in [5.41, 5.74) is 2.92. The number of aromatic nitrogens is 2. The second-order valence-corrected chi connectivity index (χ2v) is 4.79. The fourth-order valence-electron chi connectivity index (χ4n) is 2.38. The van der Waals surface area contributed by atoms with Gasteiger partial charge in [0.05, 0.1) is 32.4 Å². The smallest absolute Gasteiger partial charge is 0.407 e. The van der Waals surface area contributed by atoms with Crippen molar-refractivity contribution in [1.29, 1.82) is 0 Å². The number of fused-ring (bicyclic) bond motifs is 1. The molecule has 1 N–H and O–H groups in total. The van der Waals surface area contributed by atoms with Gasteiger partial charge in [-0.05, 0) is 17.7 Å². The molecular weight excluding hydrogens is 258 g/mol. The normalized spacial score (nSPS) is 13.3. The highest BCUT2D eigenvalue weighted by molar-refractivity contribution is 5.66. The van der Waals surface area contributed by atoms with E-state index >= 15 is 0 Å². The Morgan fingerprint density at radius 1 is 1.45 bits per heavy atom. The van der Waals surface area contributed by atoms with Gasteiger partial charge in [0, 0.05) is 11.8 Å². The maximum Gasteiger partial charge on any atom is 0.407 e. The standard InChI is InChI=1S/C14H15N3O3/c1-20-12-4-2-3-10(5-12)6-17-8-11-7-16(14(18)19)9-13(11)15-17/h2-5,8H,6-7,9H2,1H3,(H,18,19). The van der Waals surface area contributed by atoms with Crippen LogP contribution in [0.3, 0.4) is 0 Å². The SMILES string of the molecule is COc1cccc(Cn2cc3c(n2)CN(C(=O)O)C3)c1. The van der Waals surface area contributed by atoms with Gasteiger partial charge in [-0.25, -0.2) is 4.79 Å². The first-order valence-corrected chi connectivity index (χ1v) is 6.31. The van der Waals surface area contributed by atoms with Crippen molar-refractivity contribution in [2.24, 2.45) is 0 Å². The Labute approximate surface area is 116 Å². The molecule has 0 radical (unpaired) electrons. The van der Waals surface area contributed by atoms with E-state index in [1.54, 1.807) is 7.11 Å². The number of hydrogen-bond acceptors (Lipinski definition) is 3. The number of rotatable bonds is 3. The van der Waals surface area contributed by atoms with Crippen molar-refractivity contribution in [3.05, 3.63) is 47.3 Å². The van der Waals surface area contributed by atoms with Gasteiger partial charge < -0.3 is 9.84 Å². The molecule has 0 atom stereocenters. The molecule has 20 heavy (non-hydrogen) atoms. The van der Waals surface area contributed by atoms with E-state index in [-0.39, 0.29) is 0 Å². The van der Waals surface area contributed by atoms with E-state index in [0.29, 0.717) is 19.6 Å².